The number of nitrogens with zero attached hydrogens (tertiary/aromatic N) is 2. The topological polar surface area (TPSA) is 29.9 Å². The Kier molecular flexibility index (Phi) is 2.64. The van der Waals surface area contributed by atoms with Crippen LogP contribution in [0, 0.1) is 0 Å². The second kappa shape index (κ2) is 3.92. The summed E-state index contributed by atoms with van der Waals surface area (Å²) in [7, 11) is 1.96. The van der Waals surface area contributed by atoms with Gasteiger partial charge in [0.05, 0.1) is 5.69 Å². The van der Waals surface area contributed by atoms with Crippen LogP contribution in [0.1, 0.15) is 31.4 Å². The molecule has 13 heavy (non-hydrogen) atoms. The van der Waals surface area contributed by atoms with Gasteiger partial charge >= 0.3 is 0 Å². The highest BCUT2D eigenvalue weighted by molar-refractivity contribution is 4.98. The van der Waals surface area contributed by atoms with Crippen molar-refractivity contribution in [3.05, 3.63) is 18.0 Å². The molecule has 0 unspecified atom stereocenters. The molecule has 1 heterocycles. The van der Waals surface area contributed by atoms with Crippen LogP contribution in [-0.2, 0) is 13.6 Å². The molecule has 0 radical (unpaired) electrons. The van der Waals surface area contributed by atoms with Crippen molar-refractivity contribution in [1.29, 1.82) is 0 Å². The Morgan fingerprint density at radius 1 is 1.54 bits per heavy atom. The van der Waals surface area contributed by atoms with Crippen molar-refractivity contribution in [3.8, 4) is 0 Å². The Morgan fingerprint density at radius 2 is 2.31 bits per heavy atom. The minimum absolute atomic E-state index is 0.738. The van der Waals surface area contributed by atoms with Crippen LogP contribution in [-0.4, -0.2) is 15.8 Å². The van der Waals surface area contributed by atoms with Gasteiger partial charge in [0.1, 0.15) is 0 Å². The fourth-order valence-electron chi connectivity index (χ4n) is 1.94. The molecular weight excluding hydrogens is 162 g/mol. The zero-order valence-electron chi connectivity index (χ0n) is 8.16. The number of aromatic nitrogens is 2. The van der Waals surface area contributed by atoms with E-state index >= 15 is 0 Å². The summed E-state index contributed by atoms with van der Waals surface area (Å²) in [4.78, 5) is 0. The van der Waals surface area contributed by atoms with Gasteiger partial charge in [-0.1, -0.05) is 12.8 Å². The molecule has 1 aromatic heterocycles. The van der Waals surface area contributed by atoms with Crippen molar-refractivity contribution >= 4 is 0 Å². The Morgan fingerprint density at radius 3 is 2.92 bits per heavy atom. The molecule has 0 aliphatic heterocycles. The molecule has 1 aromatic rings. The van der Waals surface area contributed by atoms with Gasteiger partial charge in [-0.25, -0.2) is 0 Å². The molecule has 2 rings (SSSR count). The monoisotopic (exact) mass is 179 g/mol. The fourth-order valence-corrected chi connectivity index (χ4v) is 1.94. The molecule has 0 amide bonds. The molecule has 0 bridgehead atoms. The summed E-state index contributed by atoms with van der Waals surface area (Å²) in [6.07, 6.45) is 7.45. The summed E-state index contributed by atoms with van der Waals surface area (Å²) in [6.45, 7) is 0.922. The van der Waals surface area contributed by atoms with Gasteiger partial charge in [0.2, 0.25) is 0 Å². The highest BCUT2D eigenvalue weighted by Gasteiger charge is 2.13. The standard InChI is InChI=1S/C10H17N3/c1-13-7-6-10(12-13)8-11-9-4-2-3-5-9/h6-7,9,11H,2-5,8H2,1H3. The predicted molar refractivity (Wildman–Crippen MR) is 52.3 cm³/mol. The zero-order valence-corrected chi connectivity index (χ0v) is 8.16. The van der Waals surface area contributed by atoms with E-state index in [0.29, 0.717) is 0 Å². The summed E-state index contributed by atoms with van der Waals surface area (Å²) in [5, 5.41) is 7.86. The molecule has 0 spiro atoms. The third kappa shape index (κ3) is 2.31. The van der Waals surface area contributed by atoms with Gasteiger partial charge < -0.3 is 5.32 Å². The first-order valence-electron chi connectivity index (χ1n) is 5.06. The summed E-state index contributed by atoms with van der Waals surface area (Å²) in [6, 6.07) is 2.81. The van der Waals surface area contributed by atoms with E-state index in [1.165, 1.54) is 25.7 Å². The first-order valence-corrected chi connectivity index (χ1v) is 5.06. The first kappa shape index (κ1) is 8.75. The molecular formula is C10H17N3. The summed E-state index contributed by atoms with van der Waals surface area (Å²) >= 11 is 0. The molecule has 0 saturated heterocycles. The molecule has 3 heteroatoms. The van der Waals surface area contributed by atoms with Crippen molar-refractivity contribution in [1.82, 2.24) is 15.1 Å². The van der Waals surface area contributed by atoms with E-state index in [1.54, 1.807) is 0 Å². The first-order chi connectivity index (χ1) is 6.34. The number of hydrogen-bond donors (Lipinski definition) is 1. The largest absolute Gasteiger partial charge is 0.308 e. The highest BCUT2D eigenvalue weighted by Crippen LogP contribution is 2.17. The van der Waals surface area contributed by atoms with Crippen LogP contribution in [0.2, 0.25) is 0 Å². The van der Waals surface area contributed by atoms with E-state index in [2.05, 4.69) is 16.5 Å². The fraction of sp³-hybridized carbons (Fsp3) is 0.700. The quantitative estimate of drug-likeness (QED) is 0.761. The predicted octanol–water partition coefficient (Wildman–Crippen LogP) is 1.45. The maximum Gasteiger partial charge on any atom is 0.0762 e. The minimum Gasteiger partial charge on any atom is -0.308 e. The molecule has 1 saturated carbocycles. The molecule has 3 nitrogen and oxygen atoms in total. The van der Waals surface area contributed by atoms with Crippen molar-refractivity contribution in [2.24, 2.45) is 7.05 Å². The van der Waals surface area contributed by atoms with Crippen molar-refractivity contribution in [2.45, 2.75) is 38.3 Å². The zero-order chi connectivity index (χ0) is 9.10. The van der Waals surface area contributed by atoms with Gasteiger partial charge in [0.15, 0.2) is 0 Å². The van der Waals surface area contributed by atoms with E-state index in [1.807, 2.05) is 17.9 Å². The normalized spacial score (nSPS) is 18.2. The number of aryl methyl sites for hydroxylation is 1. The van der Waals surface area contributed by atoms with E-state index in [9.17, 15) is 0 Å². The molecule has 1 N–H and O–H groups in total. The van der Waals surface area contributed by atoms with Crippen LogP contribution in [0.25, 0.3) is 0 Å². The van der Waals surface area contributed by atoms with Gasteiger partial charge in [-0.2, -0.15) is 5.10 Å². The third-order valence-corrected chi connectivity index (χ3v) is 2.70. The molecule has 72 valence electrons. The van der Waals surface area contributed by atoms with Crippen molar-refractivity contribution in [3.63, 3.8) is 0 Å². The van der Waals surface area contributed by atoms with Crippen LogP contribution < -0.4 is 5.32 Å². The lowest BCUT2D eigenvalue weighted by Gasteiger charge is -2.09. The average Bonchev–Trinajstić information content (AvgIpc) is 2.71. The minimum atomic E-state index is 0.738. The second-order valence-electron chi connectivity index (χ2n) is 3.84. The average molecular weight is 179 g/mol. The Labute approximate surface area is 79.1 Å². The van der Waals surface area contributed by atoms with E-state index in [-0.39, 0.29) is 0 Å². The highest BCUT2D eigenvalue weighted by atomic mass is 15.3. The van der Waals surface area contributed by atoms with Gasteiger partial charge in [-0.3, -0.25) is 4.68 Å². The molecule has 1 aliphatic carbocycles. The Balaban J connectivity index is 1.78. The Hall–Kier alpha value is -0.830. The van der Waals surface area contributed by atoms with Crippen LogP contribution in [0.15, 0.2) is 12.3 Å². The van der Waals surface area contributed by atoms with Crippen molar-refractivity contribution in [2.75, 3.05) is 0 Å². The summed E-state index contributed by atoms with van der Waals surface area (Å²) < 4.78 is 1.85. The molecule has 1 aliphatic rings. The van der Waals surface area contributed by atoms with Gasteiger partial charge in [0.25, 0.3) is 0 Å². The van der Waals surface area contributed by atoms with Crippen LogP contribution >= 0.6 is 0 Å². The van der Waals surface area contributed by atoms with E-state index in [0.717, 1.165) is 18.3 Å². The second-order valence-corrected chi connectivity index (χ2v) is 3.84. The number of rotatable bonds is 3. The van der Waals surface area contributed by atoms with Gasteiger partial charge in [-0.15, -0.1) is 0 Å². The number of nitrogens with one attached hydrogen (secondary N) is 1. The lowest BCUT2D eigenvalue weighted by atomic mass is 10.2. The van der Waals surface area contributed by atoms with Crippen LogP contribution in [0.5, 0.6) is 0 Å². The lowest BCUT2D eigenvalue weighted by Crippen LogP contribution is -2.25. The van der Waals surface area contributed by atoms with Crippen LogP contribution in [0.3, 0.4) is 0 Å². The maximum atomic E-state index is 4.33. The molecule has 1 fully saturated rings. The Bertz CT molecular complexity index is 261. The SMILES string of the molecule is Cn1ccc(CNC2CCCC2)n1. The van der Waals surface area contributed by atoms with Gasteiger partial charge in [0, 0.05) is 25.8 Å². The number of hydrogen-bond acceptors (Lipinski definition) is 2. The van der Waals surface area contributed by atoms with Gasteiger partial charge in [-0.05, 0) is 18.9 Å². The van der Waals surface area contributed by atoms with Crippen LogP contribution in [0.4, 0.5) is 0 Å². The molecule has 0 aromatic carbocycles. The lowest BCUT2D eigenvalue weighted by molar-refractivity contribution is 0.516. The third-order valence-electron chi connectivity index (χ3n) is 2.70. The maximum absolute atomic E-state index is 4.33. The smallest absolute Gasteiger partial charge is 0.0762 e. The van der Waals surface area contributed by atoms with Crippen molar-refractivity contribution < 1.29 is 0 Å². The molecule has 0 atom stereocenters. The summed E-state index contributed by atoms with van der Waals surface area (Å²) in [5.41, 5.74) is 1.15. The van der Waals surface area contributed by atoms with E-state index in [4.69, 9.17) is 0 Å². The van der Waals surface area contributed by atoms with E-state index < -0.39 is 0 Å². The summed E-state index contributed by atoms with van der Waals surface area (Å²) in [5.74, 6) is 0.